The Morgan fingerprint density at radius 3 is 2.70 bits per heavy atom. The summed E-state index contributed by atoms with van der Waals surface area (Å²) in [4.78, 5) is 42.7. The molecule has 0 radical (unpaired) electrons. The zero-order valence-corrected chi connectivity index (χ0v) is 27.5. The number of ether oxygens (including phenoxy) is 3. The van der Waals surface area contributed by atoms with Crippen LogP contribution in [0.4, 0.5) is 27.9 Å². The number of carbonyl (C=O) groups excluding carboxylic acids is 2. The zero-order valence-electron chi connectivity index (χ0n) is 27.5. The van der Waals surface area contributed by atoms with E-state index in [0.717, 1.165) is 68.2 Å². The molecule has 0 bridgehead atoms. The van der Waals surface area contributed by atoms with Crippen molar-refractivity contribution in [3.8, 4) is 11.5 Å². The molecule has 13 nitrogen and oxygen atoms in total. The molecule has 1 saturated heterocycles. The number of aromatic nitrogens is 3. The van der Waals surface area contributed by atoms with Crippen molar-refractivity contribution in [3.63, 3.8) is 0 Å². The van der Waals surface area contributed by atoms with Gasteiger partial charge in [-0.25, -0.2) is 24.5 Å². The first-order valence-electron chi connectivity index (χ1n) is 16.4. The van der Waals surface area contributed by atoms with E-state index in [2.05, 4.69) is 55.2 Å². The van der Waals surface area contributed by atoms with Gasteiger partial charge in [-0.2, -0.15) is 0 Å². The van der Waals surface area contributed by atoms with Crippen LogP contribution in [0.1, 0.15) is 69.7 Å². The summed E-state index contributed by atoms with van der Waals surface area (Å²) in [5.74, 6) is 3.52. The fourth-order valence-electron chi connectivity index (χ4n) is 6.18. The first-order valence-corrected chi connectivity index (χ1v) is 16.4. The standard InChI is InChI=1S/C34H44N8O5/c1-5-24-30(37-19-38-31(24)42-15-12-21(13-16-42)25-10-8-22-7-6-14-35-29(22)40-25)36-18-26(32(43)47-34(2,3)4)41-33(44)39-23-9-11-27-28(17-23)46-20-45-27/h8-11,17,19,21,26H,5-7,12-16,18,20H2,1-4H3,(H,35,40)(H,36,37,38)(H2,39,41,44). The third kappa shape index (κ3) is 7.78. The molecule has 1 atom stereocenters. The maximum absolute atomic E-state index is 13.2. The van der Waals surface area contributed by atoms with E-state index in [1.54, 1.807) is 45.3 Å². The topological polar surface area (TPSA) is 152 Å². The van der Waals surface area contributed by atoms with E-state index < -0.39 is 23.6 Å². The predicted octanol–water partition coefficient (Wildman–Crippen LogP) is 4.85. The van der Waals surface area contributed by atoms with E-state index in [4.69, 9.17) is 19.2 Å². The Morgan fingerprint density at radius 1 is 1.11 bits per heavy atom. The van der Waals surface area contributed by atoms with Crippen molar-refractivity contribution in [2.24, 2.45) is 0 Å². The number of esters is 1. The monoisotopic (exact) mass is 644 g/mol. The Hall–Kier alpha value is -4.81. The van der Waals surface area contributed by atoms with Gasteiger partial charge in [-0.3, -0.25) is 0 Å². The number of piperidine rings is 1. The lowest BCUT2D eigenvalue weighted by molar-refractivity contribution is -0.156. The summed E-state index contributed by atoms with van der Waals surface area (Å²) in [6, 6.07) is 7.95. The Morgan fingerprint density at radius 2 is 1.91 bits per heavy atom. The van der Waals surface area contributed by atoms with E-state index in [0.29, 0.717) is 35.3 Å². The molecule has 0 spiro atoms. The third-order valence-corrected chi connectivity index (χ3v) is 8.51. The van der Waals surface area contributed by atoms with Gasteiger partial charge in [0, 0.05) is 55.1 Å². The van der Waals surface area contributed by atoms with Crippen LogP contribution >= 0.6 is 0 Å². The van der Waals surface area contributed by atoms with Crippen LogP contribution in [-0.2, 0) is 22.4 Å². The average molecular weight is 645 g/mol. The molecule has 250 valence electrons. The van der Waals surface area contributed by atoms with E-state index >= 15 is 0 Å². The fourth-order valence-corrected chi connectivity index (χ4v) is 6.18. The first kappa shape index (κ1) is 32.1. The Bertz CT molecular complexity index is 1600. The zero-order chi connectivity index (χ0) is 33.0. The number of hydrogen-bond acceptors (Lipinski definition) is 11. The minimum Gasteiger partial charge on any atom is -0.458 e. The number of benzene rings is 1. The van der Waals surface area contributed by atoms with Gasteiger partial charge in [0.1, 0.15) is 35.4 Å². The van der Waals surface area contributed by atoms with Crippen molar-refractivity contribution >= 4 is 35.1 Å². The van der Waals surface area contributed by atoms with Gasteiger partial charge in [-0.05, 0) is 76.6 Å². The first-order chi connectivity index (χ1) is 22.7. The number of hydrogen-bond donors (Lipinski definition) is 4. The minimum atomic E-state index is -0.999. The number of urea groups is 1. The number of aryl methyl sites for hydroxylation is 1. The molecule has 13 heteroatoms. The number of pyridine rings is 1. The van der Waals surface area contributed by atoms with Crippen molar-refractivity contribution in [1.82, 2.24) is 20.3 Å². The highest BCUT2D eigenvalue weighted by Gasteiger charge is 2.29. The van der Waals surface area contributed by atoms with Crippen molar-refractivity contribution in [3.05, 3.63) is 53.5 Å². The average Bonchev–Trinajstić information content (AvgIpc) is 3.53. The van der Waals surface area contributed by atoms with E-state index in [-0.39, 0.29) is 13.3 Å². The highest BCUT2D eigenvalue weighted by molar-refractivity contribution is 5.93. The maximum Gasteiger partial charge on any atom is 0.331 e. The number of rotatable bonds is 9. The van der Waals surface area contributed by atoms with Gasteiger partial charge >= 0.3 is 12.0 Å². The number of carbonyl (C=O) groups is 2. The van der Waals surface area contributed by atoms with E-state index in [9.17, 15) is 9.59 Å². The van der Waals surface area contributed by atoms with Gasteiger partial charge in [-0.1, -0.05) is 13.0 Å². The molecule has 3 aliphatic heterocycles. The molecule has 3 aliphatic rings. The highest BCUT2D eigenvalue weighted by Crippen LogP contribution is 2.35. The van der Waals surface area contributed by atoms with Gasteiger partial charge in [0.15, 0.2) is 11.5 Å². The molecule has 1 fully saturated rings. The van der Waals surface area contributed by atoms with Gasteiger partial charge < -0.3 is 40.4 Å². The molecule has 47 heavy (non-hydrogen) atoms. The summed E-state index contributed by atoms with van der Waals surface area (Å²) in [6.07, 6.45) is 6.42. The van der Waals surface area contributed by atoms with Crippen LogP contribution in [0.25, 0.3) is 0 Å². The lowest BCUT2D eigenvalue weighted by atomic mass is 9.92. The molecule has 2 aromatic heterocycles. The van der Waals surface area contributed by atoms with Gasteiger partial charge in [0.05, 0.1) is 0 Å². The van der Waals surface area contributed by atoms with E-state index in [1.807, 2.05) is 0 Å². The van der Waals surface area contributed by atoms with Crippen molar-refractivity contribution < 1.29 is 23.8 Å². The number of nitrogens with zero attached hydrogens (tertiary/aromatic N) is 4. The highest BCUT2D eigenvalue weighted by atomic mass is 16.7. The molecule has 2 amide bonds. The van der Waals surface area contributed by atoms with Crippen molar-refractivity contribution in [1.29, 1.82) is 0 Å². The van der Waals surface area contributed by atoms with Crippen LogP contribution in [0, 0.1) is 0 Å². The molecule has 0 saturated carbocycles. The molecular formula is C34H44N8O5. The van der Waals surface area contributed by atoms with Crippen LogP contribution in [0.5, 0.6) is 11.5 Å². The number of amides is 2. The summed E-state index contributed by atoms with van der Waals surface area (Å²) >= 11 is 0. The molecule has 6 rings (SSSR count). The molecule has 5 heterocycles. The van der Waals surface area contributed by atoms with E-state index in [1.165, 1.54) is 5.56 Å². The van der Waals surface area contributed by atoms with Crippen molar-refractivity contribution in [2.75, 3.05) is 53.8 Å². The van der Waals surface area contributed by atoms with Crippen LogP contribution < -0.4 is 35.6 Å². The quantitative estimate of drug-likeness (QED) is 0.237. The SMILES string of the molecule is CCc1c(NCC(NC(=O)Nc2ccc3c(c2)OCO3)C(=O)OC(C)(C)C)ncnc1N1CCC(c2ccc3c(n2)NCCC3)CC1. The fraction of sp³-hybridized carbons (Fsp3) is 0.500. The molecule has 3 aromatic rings. The van der Waals surface area contributed by atoms with Crippen molar-refractivity contribution in [2.45, 2.75) is 77.4 Å². The summed E-state index contributed by atoms with van der Waals surface area (Å²) in [5.41, 5.74) is 3.18. The number of nitrogens with one attached hydrogen (secondary N) is 4. The Kier molecular flexibility index (Phi) is 9.50. The predicted molar refractivity (Wildman–Crippen MR) is 179 cm³/mol. The second-order valence-corrected chi connectivity index (χ2v) is 13.0. The third-order valence-electron chi connectivity index (χ3n) is 8.51. The number of anilines is 4. The lowest BCUT2D eigenvalue weighted by Crippen LogP contribution is -2.49. The second-order valence-electron chi connectivity index (χ2n) is 13.0. The maximum atomic E-state index is 13.2. The normalized spacial score (nSPS) is 16.5. The molecular weight excluding hydrogens is 600 g/mol. The summed E-state index contributed by atoms with van der Waals surface area (Å²) in [5, 5.41) is 12.3. The number of fused-ring (bicyclic) bond motifs is 2. The Labute approximate surface area is 275 Å². The van der Waals surface area contributed by atoms with Crippen LogP contribution in [0.15, 0.2) is 36.7 Å². The van der Waals surface area contributed by atoms with Gasteiger partial charge in [0.2, 0.25) is 6.79 Å². The largest absolute Gasteiger partial charge is 0.458 e. The molecule has 4 N–H and O–H groups in total. The van der Waals surface area contributed by atoms with Gasteiger partial charge in [0.25, 0.3) is 0 Å². The smallest absolute Gasteiger partial charge is 0.331 e. The minimum absolute atomic E-state index is 0.0625. The summed E-state index contributed by atoms with van der Waals surface area (Å²) in [7, 11) is 0. The van der Waals surface area contributed by atoms with Crippen LogP contribution in [0.2, 0.25) is 0 Å². The summed E-state index contributed by atoms with van der Waals surface area (Å²) < 4.78 is 16.4. The van der Waals surface area contributed by atoms with Gasteiger partial charge in [-0.15, -0.1) is 0 Å². The Balaban J connectivity index is 1.11. The lowest BCUT2D eigenvalue weighted by Gasteiger charge is -2.34. The summed E-state index contributed by atoms with van der Waals surface area (Å²) in [6.45, 7) is 10.3. The molecule has 1 aromatic carbocycles. The second kappa shape index (κ2) is 13.9. The van der Waals surface area contributed by atoms with Crippen LogP contribution in [0.3, 0.4) is 0 Å². The van der Waals surface area contributed by atoms with Crippen LogP contribution in [-0.4, -0.2) is 71.6 Å². The molecule has 1 unspecified atom stereocenters. The molecule has 0 aliphatic carbocycles.